The molecular weight excluding hydrogens is 314 g/mol. The van der Waals surface area contributed by atoms with Crippen molar-refractivity contribution in [3.05, 3.63) is 20.8 Å². The lowest BCUT2D eigenvalue weighted by Crippen LogP contribution is -2.36. The van der Waals surface area contributed by atoms with Gasteiger partial charge in [0.1, 0.15) is 6.04 Å². The molecule has 18 heavy (non-hydrogen) atoms. The highest BCUT2D eigenvalue weighted by Gasteiger charge is 2.28. The molecule has 1 aliphatic rings. The number of hydrogen-bond acceptors (Lipinski definition) is 4. The summed E-state index contributed by atoms with van der Waals surface area (Å²) in [4.78, 5) is 13.1. The zero-order chi connectivity index (χ0) is 13.0. The van der Waals surface area contributed by atoms with Gasteiger partial charge in [0.25, 0.3) is 0 Å². The van der Waals surface area contributed by atoms with Crippen molar-refractivity contribution in [1.82, 2.24) is 5.32 Å². The molecule has 1 N–H and O–H groups in total. The molecule has 1 heterocycles. The van der Waals surface area contributed by atoms with E-state index in [1.807, 2.05) is 18.4 Å². The van der Waals surface area contributed by atoms with Crippen LogP contribution in [0.1, 0.15) is 43.5 Å². The summed E-state index contributed by atoms with van der Waals surface area (Å²) in [5.74, 6) is -0.174. The Morgan fingerprint density at radius 2 is 2.33 bits per heavy atom. The number of nitrogens with one attached hydrogen (secondary N) is 1. The van der Waals surface area contributed by atoms with E-state index in [2.05, 4.69) is 21.2 Å². The van der Waals surface area contributed by atoms with E-state index in [4.69, 9.17) is 4.74 Å². The van der Waals surface area contributed by atoms with E-state index in [1.54, 1.807) is 11.3 Å². The van der Waals surface area contributed by atoms with Crippen molar-refractivity contribution in [2.45, 2.75) is 44.7 Å². The molecule has 1 fully saturated rings. The van der Waals surface area contributed by atoms with Gasteiger partial charge in [0.2, 0.25) is 0 Å². The monoisotopic (exact) mass is 331 g/mol. The van der Waals surface area contributed by atoms with Crippen LogP contribution < -0.4 is 5.32 Å². The molecule has 1 atom stereocenters. The maximum atomic E-state index is 12.1. The third-order valence-electron chi connectivity index (χ3n) is 3.19. The third kappa shape index (κ3) is 3.33. The Kier molecular flexibility index (Phi) is 5.21. The Bertz CT molecular complexity index is 401. The van der Waals surface area contributed by atoms with E-state index in [0.717, 1.165) is 22.2 Å². The molecule has 1 unspecified atom stereocenters. The smallest absolute Gasteiger partial charge is 0.328 e. The molecule has 3 nitrogen and oxygen atoms in total. The van der Waals surface area contributed by atoms with Crippen LogP contribution in [0.25, 0.3) is 0 Å². The lowest BCUT2D eigenvalue weighted by molar-refractivity contribution is -0.146. The average Bonchev–Trinajstić information content (AvgIpc) is 2.97. The van der Waals surface area contributed by atoms with Crippen LogP contribution in [0, 0.1) is 0 Å². The molecule has 1 aliphatic carbocycles. The van der Waals surface area contributed by atoms with E-state index in [0.29, 0.717) is 12.6 Å². The van der Waals surface area contributed by atoms with Gasteiger partial charge in [0.05, 0.1) is 6.61 Å². The normalized spacial score (nSPS) is 17.9. The Morgan fingerprint density at radius 1 is 1.61 bits per heavy atom. The number of hydrogen-bond donors (Lipinski definition) is 1. The molecule has 2 rings (SSSR count). The van der Waals surface area contributed by atoms with Gasteiger partial charge in [-0.15, -0.1) is 11.3 Å². The summed E-state index contributed by atoms with van der Waals surface area (Å²) in [5, 5.41) is 5.44. The summed E-state index contributed by atoms with van der Waals surface area (Å²) < 4.78 is 6.16. The van der Waals surface area contributed by atoms with Crippen molar-refractivity contribution in [2.24, 2.45) is 0 Å². The van der Waals surface area contributed by atoms with Crippen molar-refractivity contribution in [2.75, 3.05) is 6.61 Å². The molecule has 0 spiro atoms. The number of halogens is 1. The first-order valence-corrected chi connectivity index (χ1v) is 8.05. The summed E-state index contributed by atoms with van der Waals surface area (Å²) in [6.45, 7) is 2.26. The second-order valence-electron chi connectivity index (χ2n) is 4.47. The quantitative estimate of drug-likeness (QED) is 0.837. The predicted molar refractivity (Wildman–Crippen MR) is 76.8 cm³/mol. The van der Waals surface area contributed by atoms with Crippen molar-refractivity contribution >= 4 is 33.2 Å². The summed E-state index contributed by atoms with van der Waals surface area (Å²) in [6, 6.07) is 2.08. The molecule has 0 bridgehead atoms. The second kappa shape index (κ2) is 6.68. The van der Waals surface area contributed by atoms with Gasteiger partial charge in [-0.1, -0.05) is 12.8 Å². The number of rotatable bonds is 5. The molecule has 0 aliphatic heterocycles. The highest BCUT2D eigenvalue weighted by atomic mass is 79.9. The number of carbonyl (C=O) groups is 1. The summed E-state index contributed by atoms with van der Waals surface area (Å²) in [5.41, 5.74) is 0. The Hall–Kier alpha value is -0.390. The number of thiophene rings is 1. The van der Waals surface area contributed by atoms with Crippen LogP contribution in [0.15, 0.2) is 15.9 Å². The average molecular weight is 332 g/mol. The molecule has 0 amide bonds. The van der Waals surface area contributed by atoms with Crippen LogP contribution in [-0.4, -0.2) is 18.6 Å². The van der Waals surface area contributed by atoms with Crippen molar-refractivity contribution < 1.29 is 9.53 Å². The lowest BCUT2D eigenvalue weighted by atomic mass is 10.1. The zero-order valence-corrected chi connectivity index (χ0v) is 12.9. The Morgan fingerprint density at radius 3 is 2.89 bits per heavy atom. The van der Waals surface area contributed by atoms with Gasteiger partial charge in [-0.3, -0.25) is 5.32 Å². The lowest BCUT2D eigenvalue weighted by Gasteiger charge is -2.21. The van der Waals surface area contributed by atoms with Gasteiger partial charge < -0.3 is 4.74 Å². The van der Waals surface area contributed by atoms with E-state index < -0.39 is 0 Å². The van der Waals surface area contributed by atoms with E-state index in [1.165, 1.54) is 12.8 Å². The molecule has 1 aromatic heterocycles. The Balaban J connectivity index is 2.11. The van der Waals surface area contributed by atoms with E-state index >= 15 is 0 Å². The maximum Gasteiger partial charge on any atom is 0.328 e. The fraction of sp³-hybridized carbons (Fsp3) is 0.615. The molecule has 0 saturated heterocycles. The maximum absolute atomic E-state index is 12.1. The SMILES string of the molecule is CCOC(=O)C(NC1CCCC1)c1sccc1Br. The van der Waals surface area contributed by atoms with Gasteiger partial charge in [-0.05, 0) is 47.1 Å². The molecule has 100 valence electrons. The molecule has 1 saturated carbocycles. The fourth-order valence-corrected chi connectivity index (χ4v) is 3.96. The summed E-state index contributed by atoms with van der Waals surface area (Å²) >= 11 is 5.08. The number of ether oxygens (including phenoxy) is 1. The summed E-state index contributed by atoms with van der Waals surface area (Å²) in [7, 11) is 0. The van der Waals surface area contributed by atoms with Gasteiger partial charge in [0.15, 0.2) is 0 Å². The first-order valence-electron chi connectivity index (χ1n) is 6.38. The predicted octanol–water partition coefficient (Wildman–Crippen LogP) is 3.65. The van der Waals surface area contributed by atoms with E-state index in [9.17, 15) is 4.79 Å². The molecule has 5 heteroatoms. The standard InChI is InChI=1S/C13H18BrNO2S/c1-2-17-13(16)11(12-10(14)7-8-18-12)15-9-5-3-4-6-9/h7-9,11,15H,2-6H2,1H3. The highest BCUT2D eigenvalue weighted by Crippen LogP contribution is 2.31. The molecular formula is C13H18BrNO2S. The minimum Gasteiger partial charge on any atom is -0.465 e. The van der Waals surface area contributed by atoms with Crippen LogP contribution >= 0.6 is 27.3 Å². The van der Waals surface area contributed by atoms with Gasteiger partial charge in [-0.25, -0.2) is 4.79 Å². The Labute approximate surface area is 120 Å². The van der Waals surface area contributed by atoms with Crippen LogP contribution in [-0.2, 0) is 9.53 Å². The van der Waals surface area contributed by atoms with Crippen LogP contribution in [0.5, 0.6) is 0 Å². The number of esters is 1. The van der Waals surface area contributed by atoms with Crippen LogP contribution in [0.2, 0.25) is 0 Å². The van der Waals surface area contributed by atoms with Gasteiger partial charge in [-0.2, -0.15) is 0 Å². The van der Waals surface area contributed by atoms with Crippen LogP contribution in [0.3, 0.4) is 0 Å². The second-order valence-corrected chi connectivity index (χ2v) is 6.27. The van der Waals surface area contributed by atoms with Crippen molar-refractivity contribution in [3.8, 4) is 0 Å². The fourth-order valence-electron chi connectivity index (χ4n) is 2.32. The highest BCUT2D eigenvalue weighted by molar-refractivity contribution is 9.10. The van der Waals surface area contributed by atoms with Crippen molar-refractivity contribution in [1.29, 1.82) is 0 Å². The van der Waals surface area contributed by atoms with Crippen molar-refractivity contribution in [3.63, 3.8) is 0 Å². The number of carbonyl (C=O) groups excluding carboxylic acids is 1. The molecule has 1 aromatic rings. The first-order chi connectivity index (χ1) is 8.72. The third-order valence-corrected chi connectivity index (χ3v) is 5.12. The minimum atomic E-state index is -0.331. The molecule has 0 aromatic carbocycles. The largest absolute Gasteiger partial charge is 0.465 e. The summed E-state index contributed by atoms with van der Waals surface area (Å²) in [6.07, 6.45) is 4.80. The van der Waals surface area contributed by atoms with E-state index in [-0.39, 0.29) is 12.0 Å². The zero-order valence-electron chi connectivity index (χ0n) is 10.4. The van der Waals surface area contributed by atoms with Gasteiger partial charge in [0, 0.05) is 15.4 Å². The van der Waals surface area contributed by atoms with Crippen LogP contribution in [0.4, 0.5) is 0 Å². The topological polar surface area (TPSA) is 38.3 Å². The first kappa shape index (κ1) is 14.0. The molecule has 0 radical (unpaired) electrons. The minimum absolute atomic E-state index is 0.174. The van der Waals surface area contributed by atoms with Gasteiger partial charge >= 0.3 is 5.97 Å².